The molecule has 0 atom stereocenters. The predicted molar refractivity (Wildman–Crippen MR) is 47.7 cm³/mol. The molecular weight excluding hydrogens is 150 g/mol. The summed E-state index contributed by atoms with van der Waals surface area (Å²) in [6, 6.07) is 6.94. The summed E-state index contributed by atoms with van der Waals surface area (Å²) >= 11 is 0. The third-order valence-electron chi connectivity index (χ3n) is 1.84. The minimum atomic E-state index is -0.634. The Bertz CT molecular complexity index is 323. The molecule has 0 amide bonds. The molecule has 0 spiro atoms. The van der Waals surface area contributed by atoms with E-state index in [9.17, 15) is 5.11 Å². The highest BCUT2D eigenvalue weighted by Crippen LogP contribution is 2.31. The molecule has 0 radical (unpaired) electrons. The van der Waals surface area contributed by atoms with Gasteiger partial charge in [-0.1, -0.05) is 12.1 Å². The lowest BCUT2D eigenvalue weighted by atomic mass is 9.95. The summed E-state index contributed by atoms with van der Waals surface area (Å²) in [5, 5.41) is 9.43. The second-order valence-electron chi connectivity index (χ2n) is 3.19. The van der Waals surface area contributed by atoms with Gasteiger partial charge in [0.1, 0.15) is 5.75 Å². The zero-order chi connectivity index (χ0) is 9.19. The summed E-state index contributed by atoms with van der Waals surface area (Å²) in [5.74, 6) is 0.193. The van der Waals surface area contributed by atoms with E-state index in [2.05, 4.69) is 4.85 Å². The first-order valence-electron chi connectivity index (χ1n) is 3.75. The predicted octanol–water partition coefficient (Wildman–Crippen LogP) is 2.55. The van der Waals surface area contributed by atoms with Crippen molar-refractivity contribution in [3.05, 3.63) is 41.2 Å². The molecular formula is C10H11NO. The van der Waals surface area contributed by atoms with Gasteiger partial charge in [0.15, 0.2) is 0 Å². The van der Waals surface area contributed by atoms with Gasteiger partial charge in [0.05, 0.1) is 5.56 Å². The van der Waals surface area contributed by atoms with Crippen LogP contribution >= 0.6 is 0 Å². The largest absolute Gasteiger partial charge is 0.507 e. The second kappa shape index (κ2) is 2.86. The lowest BCUT2D eigenvalue weighted by Crippen LogP contribution is -2.10. The number of rotatable bonds is 1. The average molecular weight is 161 g/mol. The number of aromatic hydroxyl groups is 1. The average Bonchev–Trinajstić information content (AvgIpc) is 2.05. The molecule has 0 heterocycles. The number of benzene rings is 1. The van der Waals surface area contributed by atoms with E-state index in [4.69, 9.17) is 6.57 Å². The minimum absolute atomic E-state index is 0.193. The second-order valence-corrected chi connectivity index (χ2v) is 3.19. The Morgan fingerprint density at radius 1 is 1.33 bits per heavy atom. The van der Waals surface area contributed by atoms with Crippen molar-refractivity contribution in [2.45, 2.75) is 19.4 Å². The van der Waals surface area contributed by atoms with Crippen molar-refractivity contribution in [1.82, 2.24) is 0 Å². The molecule has 0 fully saturated rings. The first kappa shape index (κ1) is 8.61. The lowest BCUT2D eigenvalue weighted by Gasteiger charge is -2.12. The van der Waals surface area contributed by atoms with Crippen molar-refractivity contribution in [3.8, 4) is 5.75 Å². The zero-order valence-corrected chi connectivity index (χ0v) is 7.20. The summed E-state index contributed by atoms with van der Waals surface area (Å²) < 4.78 is 0. The van der Waals surface area contributed by atoms with E-state index < -0.39 is 5.54 Å². The van der Waals surface area contributed by atoms with Crippen molar-refractivity contribution in [2.24, 2.45) is 0 Å². The molecule has 0 unspecified atom stereocenters. The fourth-order valence-electron chi connectivity index (χ4n) is 1.05. The molecule has 62 valence electrons. The van der Waals surface area contributed by atoms with Gasteiger partial charge in [-0.15, -0.1) is 0 Å². The molecule has 0 bridgehead atoms. The van der Waals surface area contributed by atoms with E-state index in [-0.39, 0.29) is 5.75 Å². The number of phenolic OH excluding ortho intramolecular Hbond substituents is 1. The molecule has 1 aromatic rings. The summed E-state index contributed by atoms with van der Waals surface area (Å²) in [7, 11) is 0. The first-order valence-corrected chi connectivity index (χ1v) is 3.75. The Kier molecular flexibility index (Phi) is 2.05. The van der Waals surface area contributed by atoms with Crippen LogP contribution in [0.3, 0.4) is 0 Å². The Balaban J connectivity index is 3.22. The molecule has 2 heteroatoms. The van der Waals surface area contributed by atoms with Crippen LogP contribution in [0.5, 0.6) is 5.75 Å². The van der Waals surface area contributed by atoms with Gasteiger partial charge < -0.3 is 9.95 Å². The summed E-state index contributed by atoms with van der Waals surface area (Å²) in [6.07, 6.45) is 0. The van der Waals surface area contributed by atoms with Crippen molar-refractivity contribution < 1.29 is 5.11 Å². The topological polar surface area (TPSA) is 24.6 Å². The van der Waals surface area contributed by atoms with E-state index in [0.717, 1.165) is 0 Å². The molecule has 0 aliphatic carbocycles. The van der Waals surface area contributed by atoms with E-state index in [1.807, 2.05) is 6.07 Å². The quantitative estimate of drug-likeness (QED) is 0.629. The third-order valence-corrected chi connectivity index (χ3v) is 1.84. The maximum atomic E-state index is 9.43. The fourth-order valence-corrected chi connectivity index (χ4v) is 1.05. The maximum Gasteiger partial charge on any atom is 0.255 e. The molecule has 0 saturated heterocycles. The first-order chi connectivity index (χ1) is 5.58. The van der Waals surface area contributed by atoms with Crippen LogP contribution in [0.4, 0.5) is 0 Å². The highest BCUT2D eigenvalue weighted by Gasteiger charge is 2.28. The van der Waals surface area contributed by atoms with Crippen LogP contribution in [-0.4, -0.2) is 5.11 Å². The fraction of sp³-hybridized carbons (Fsp3) is 0.300. The van der Waals surface area contributed by atoms with Gasteiger partial charge in [-0.25, -0.2) is 6.57 Å². The van der Waals surface area contributed by atoms with Crippen molar-refractivity contribution >= 4 is 0 Å². The lowest BCUT2D eigenvalue weighted by molar-refractivity contribution is 0.455. The van der Waals surface area contributed by atoms with Gasteiger partial charge in [-0.3, -0.25) is 0 Å². The molecule has 1 rings (SSSR count). The Morgan fingerprint density at radius 3 is 2.42 bits per heavy atom. The van der Waals surface area contributed by atoms with Crippen LogP contribution in [-0.2, 0) is 5.54 Å². The third kappa shape index (κ3) is 1.40. The monoisotopic (exact) mass is 161 g/mol. The van der Waals surface area contributed by atoms with Crippen LogP contribution in [0, 0.1) is 6.57 Å². The van der Waals surface area contributed by atoms with Gasteiger partial charge >= 0.3 is 0 Å². The smallest absolute Gasteiger partial charge is 0.255 e. The van der Waals surface area contributed by atoms with E-state index in [1.165, 1.54) is 0 Å². The summed E-state index contributed by atoms with van der Waals surface area (Å²) in [6.45, 7) is 10.5. The normalized spacial score (nSPS) is 10.8. The zero-order valence-electron chi connectivity index (χ0n) is 7.20. The Hall–Kier alpha value is -1.49. The standard InChI is InChI=1S/C10H11NO/c1-10(2,11-3)8-6-4-5-7-9(8)12/h4-7,12H,1-2H3. The van der Waals surface area contributed by atoms with Crippen LogP contribution in [0.15, 0.2) is 24.3 Å². The number of phenols is 1. The van der Waals surface area contributed by atoms with Gasteiger partial charge in [0.25, 0.3) is 5.54 Å². The highest BCUT2D eigenvalue weighted by atomic mass is 16.3. The number of para-hydroxylation sites is 1. The molecule has 12 heavy (non-hydrogen) atoms. The number of hydrogen-bond acceptors (Lipinski definition) is 1. The number of hydrogen-bond donors (Lipinski definition) is 1. The van der Waals surface area contributed by atoms with Crippen LogP contribution in [0.25, 0.3) is 4.85 Å². The van der Waals surface area contributed by atoms with Crippen molar-refractivity contribution in [1.29, 1.82) is 0 Å². The highest BCUT2D eigenvalue weighted by molar-refractivity contribution is 5.38. The van der Waals surface area contributed by atoms with Gasteiger partial charge in [-0.2, -0.15) is 0 Å². The number of nitrogens with zero attached hydrogens (tertiary/aromatic N) is 1. The molecule has 0 aliphatic rings. The maximum absolute atomic E-state index is 9.43. The van der Waals surface area contributed by atoms with Gasteiger partial charge in [0.2, 0.25) is 0 Å². The van der Waals surface area contributed by atoms with Crippen LogP contribution in [0.1, 0.15) is 19.4 Å². The van der Waals surface area contributed by atoms with Crippen molar-refractivity contribution in [3.63, 3.8) is 0 Å². The van der Waals surface area contributed by atoms with E-state index in [1.54, 1.807) is 32.0 Å². The molecule has 0 aromatic heterocycles. The Morgan fingerprint density at radius 2 is 1.92 bits per heavy atom. The molecule has 0 saturated carbocycles. The van der Waals surface area contributed by atoms with Crippen LogP contribution < -0.4 is 0 Å². The SMILES string of the molecule is [C-]#[N+]C(C)(C)c1ccccc1O. The van der Waals surface area contributed by atoms with Gasteiger partial charge in [0, 0.05) is 13.8 Å². The van der Waals surface area contributed by atoms with Crippen molar-refractivity contribution in [2.75, 3.05) is 0 Å². The van der Waals surface area contributed by atoms with E-state index >= 15 is 0 Å². The van der Waals surface area contributed by atoms with Crippen LogP contribution in [0.2, 0.25) is 0 Å². The van der Waals surface area contributed by atoms with Gasteiger partial charge in [-0.05, 0) is 12.1 Å². The Labute approximate surface area is 72.3 Å². The molecule has 1 aromatic carbocycles. The molecule has 1 N–H and O–H groups in total. The summed E-state index contributed by atoms with van der Waals surface area (Å²) in [5.41, 5.74) is 0.0470. The molecule has 0 aliphatic heterocycles. The molecule has 2 nitrogen and oxygen atoms in total. The summed E-state index contributed by atoms with van der Waals surface area (Å²) in [4.78, 5) is 3.44. The minimum Gasteiger partial charge on any atom is -0.507 e. The van der Waals surface area contributed by atoms with E-state index in [0.29, 0.717) is 5.56 Å².